The average molecular weight is 413 g/mol. The van der Waals surface area contributed by atoms with Crippen LogP contribution in [-0.4, -0.2) is 22.3 Å². The van der Waals surface area contributed by atoms with Gasteiger partial charge in [0.1, 0.15) is 5.82 Å². The highest BCUT2D eigenvalue weighted by Gasteiger charge is 2.15. The fraction of sp³-hybridized carbons (Fsp3) is 0.200. The summed E-state index contributed by atoms with van der Waals surface area (Å²) in [6.45, 7) is 4.77. The van der Waals surface area contributed by atoms with Gasteiger partial charge in [0.25, 0.3) is 5.91 Å². The van der Waals surface area contributed by atoms with Crippen LogP contribution in [0.25, 0.3) is 16.7 Å². The summed E-state index contributed by atoms with van der Waals surface area (Å²) in [5.41, 5.74) is 5.68. The van der Waals surface area contributed by atoms with Crippen LogP contribution < -0.4 is 14.8 Å². The molecule has 1 N–H and O–H groups in total. The topological polar surface area (TPSA) is 65.4 Å². The molecule has 1 aliphatic rings. The quantitative estimate of drug-likeness (QED) is 0.521. The Labute approximate surface area is 180 Å². The number of aryl methyl sites for hydroxylation is 2. The second kappa shape index (κ2) is 7.80. The molecule has 0 saturated carbocycles. The molecule has 2 heterocycles. The van der Waals surface area contributed by atoms with Gasteiger partial charge in [-0.25, -0.2) is 4.98 Å². The van der Waals surface area contributed by atoms with E-state index in [2.05, 4.69) is 46.1 Å². The molecule has 1 aliphatic heterocycles. The van der Waals surface area contributed by atoms with Crippen molar-refractivity contribution in [2.45, 2.75) is 26.8 Å². The molecule has 0 unspecified atom stereocenters. The lowest BCUT2D eigenvalue weighted by Crippen LogP contribution is -2.22. The molecule has 1 aromatic heterocycles. The molecule has 0 aliphatic carbocycles. The van der Waals surface area contributed by atoms with Crippen LogP contribution in [0.3, 0.4) is 0 Å². The zero-order valence-corrected chi connectivity index (χ0v) is 17.5. The highest BCUT2D eigenvalue weighted by atomic mass is 16.7. The molecular weight excluding hydrogens is 390 g/mol. The number of carbonyl (C=O) groups is 1. The van der Waals surface area contributed by atoms with Crippen LogP contribution in [0.2, 0.25) is 0 Å². The molecule has 4 aromatic rings. The lowest BCUT2D eigenvalue weighted by molar-refractivity contribution is 0.0951. The Morgan fingerprint density at radius 3 is 2.58 bits per heavy atom. The van der Waals surface area contributed by atoms with E-state index in [1.165, 1.54) is 5.56 Å². The van der Waals surface area contributed by atoms with E-state index in [1.54, 1.807) is 0 Å². The molecular formula is C25H23N3O3. The minimum atomic E-state index is -0.140. The average Bonchev–Trinajstić information content (AvgIpc) is 3.39. The Bertz CT molecular complexity index is 1280. The van der Waals surface area contributed by atoms with Crippen molar-refractivity contribution in [1.29, 1.82) is 0 Å². The molecule has 1 amide bonds. The zero-order chi connectivity index (χ0) is 21.4. The van der Waals surface area contributed by atoms with Gasteiger partial charge in [0.05, 0.1) is 11.0 Å². The summed E-state index contributed by atoms with van der Waals surface area (Å²) in [4.78, 5) is 17.4. The smallest absolute Gasteiger partial charge is 0.251 e. The normalized spacial score (nSPS) is 12.3. The number of fused-ring (bicyclic) bond motifs is 2. The van der Waals surface area contributed by atoms with E-state index < -0.39 is 0 Å². The fourth-order valence-corrected chi connectivity index (χ4v) is 3.88. The first-order valence-electron chi connectivity index (χ1n) is 10.4. The number of carbonyl (C=O) groups excluding carboxylic acids is 1. The van der Waals surface area contributed by atoms with Gasteiger partial charge in [-0.2, -0.15) is 0 Å². The van der Waals surface area contributed by atoms with E-state index in [0.29, 0.717) is 17.9 Å². The van der Waals surface area contributed by atoms with Crippen molar-refractivity contribution >= 4 is 16.9 Å². The largest absolute Gasteiger partial charge is 0.454 e. The molecule has 0 saturated heterocycles. The van der Waals surface area contributed by atoms with Gasteiger partial charge in [-0.05, 0) is 66.9 Å². The van der Waals surface area contributed by atoms with Crippen LogP contribution >= 0.6 is 0 Å². The van der Waals surface area contributed by atoms with E-state index in [-0.39, 0.29) is 12.7 Å². The van der Waals surface area contributed by atoms with Gasteiger partial charge in [-0.15, -0.1) is 0 Å². The molecule has 5 rings (SSSR count). The number of benzene rings is 3. The molecule has 6 nitrogen and oxygen atoms in total. The van der Waals surface area contributed by atoms with E-state index in [9.17, 15) is 4.79 Å². The van der Waals surface area contributed by atoms with Crippen LogP contribution in [0.15, 0.2) is 60.7 Å². The maximum Gasteiger partial charge on any atom is 0.251 e. The molecule has 156 valence electrons. The van der Waals surface area contributed by atoms with Crippen molar-refractivity contribution in [3.05, 3.63) is 83.2 Å². The SMILES string of the molecule is CCc1ccc(-n2c(C)nc3cc(C(=O)NCc4ccc5c(c4)OCO5)ccc32)cc1. The van der Waals surface area contributed by atoms with E-state index in [4.69, 9.17) is 9.47 Å². The molecule has 31 heavy (non-hydrogen) atoms. The van der Waals surface area contributed by atoms with Gasteiger partial charge in [-0.3, -0.25) is 9.36 Å². The Kier molecular flexibility index (Phi) is 4.82. The molecule has 0 spiro atoms. The molecule has 3 aromatic carbocycles. The summed E-state index contributed by atoms with van der Waals surface area (Å²) in [6, 6.07) is 19.8. The summed E-state index contributed by atoms with van der Waals surface area (Å²) in [6.07, 6.45) is 1.01. The highest BCUT2D eigenvalue weighted by Crippen LogP contribution is 2.32. The Balaban J connectivity index is 1.36. The van der Waals surface area contributed by atoms with Crippen LogP contribution in [0.1, 0.15) is 34.2 Å². The highest BCUT2D eigenvalue weighted by molar-refractivity contribution is 5.97. The zero-order valence-electron chi connectivity index (χ0n) is 17.5. The molecule has 0 atom stereocenters. The van der Waals surface area contributed by atoms with Crippen LogP contribution in [0, 0.1) is 6.92 Å². The van der Waals surface area contributed by atoms with Gasteiger partial charge in [-0.1, -0.05) is 25.1 Å². The minimum Gasteiger partial charge on any atom is -0.454 e. The monoisotopic (exact) mass is 413 g/mol. The van der Waals surface area contributed by atoms with E-state index in [1.807, 2.05) is 43.3 Å². The number of rotatable bonds is 5. The van der Waals surface area contributed by atoms with Crippen molar-refractivity contribution in [3.63, 3.8) is 0 Å². The Hall–Kier alpha value is -3.80. The number of imidazole rings is 1. The van der Waals surface area contributed by atoms with Crippen molar-refractivity contribution in [2.75, 3.05) is 6.79 Å². The van der Waals surface area contributed by atoms with Crippen molar-refractivity contribution in [1.82, 2.24) is 14.9 Å². The second-order valence-corrected chi connectivity index (χ2v) is 7.59. The Morgan fingerprint density at radius 2 is 1.77 bits per heavy atom. The maximum absolute atomic E-state index is 12.7. The second-order valence-electron chi connectivity index (χ2n) is 7.59. The standard InChI is InChI=1S/C25H23N3O3/c1-3-17-4-8-20(9-5-17)28-16(2)27-21-13-19(7-10-22(21)28)25(29)26-14-18-6-11-23-24(12-18)31-15-30-23/h4-13H,3,14-15H2,1-2H3,(H,26,29). The van der Waals surface area contributed by atoms with Gasteiger partial charge in [0, 0.05) is 17.8 Å². The molecule has 0 bridgehead atoms. The van der Waals surface area contributed by atoms with Gasteiger partial charge < -0.3 is 14.8 Å². The first-order chi connectivity index (χ1) is 15.1. The molecule has 6 heteroatoms. The third kappa shape index (κ3) is 3.61. The number of ether oxygens (including phenoxy) is 2. The van der Waals surface area contributed by atoms with Gasteiger partial charge in [0.2, 0.25) is 6.79 Å². The predicted octanol–water partition coefficient (Wildman–Crippen LogP) is 4.56. The summed E-state index contributed by atoms with van der Waals surface area (Å²) in [5.74, 6) is 2.19. The third-order valence-corrected chi connectivity index (χ3v) is 5.58. The van der Waals surface area contributed by atoms with Crippen molar-refractivity contribution < 1.29 is 14.3 Å². The number of aromatic nitrogens is 2. The van der Waals surface area contributed by atoms with Crippen LogP contribution in [-0.2, 0) is 13.0 Å². The predicted molar refractivity (Wildman–Crippen MR) is 119 cm³/mol. The van der Waals surface area contributed by atoms with Crippen LogP contribution in [0.4, 0.5) is 0 Å². The lowest BCUT2D eigenvalue weighted by Gasteiger charge is -2.09. The van der Waals surface area contributed by atoms with Crippen LogP contribution in [0.5, 0.6) is 11.5 Å². The summed E-state index contributed by atoms with van der Waals surface area (Å²) in [5, 5.41) is 2.97. The fourth-order valence-electron chi connectivity index (χ4n) is 3.88. The third-order valence-electron chi connectivity index (χ3n) is 5.58. The summed E-state index contributed by atoms with van der Waals surface area (Å²) < 4.78 is 12.8. The van der Waals surface area contributed by atoms with Gasteiger partial charge in [0.15, 0.2) is 11.5 Å². The number of nitrogens with zero attached hydrogens (tertiary/aromatic N) is 2. The first-order valence-corrected chi connectivity index (χ1v) is 10.4. The minimum absolute atomic E-state index is 0.140. The van der Waals surface area contributed by atoms with Crippen molar-refractivity contribution in [2.24, 2.45) is 0 Å². The number of nitrogens with one attached hydrogen (secondary N) is 1. The Morgan fingerprint density at radius 1 is 1.00 bits per heavy atom. The molecule has 0 radical (unpaired) electrons. The van der Waals surface area contributed by atoms with E-state index >= 15 is 0 Å². The maximum atomic E-state index is 12.7. The van der Waals surface area contributed by atoms with Crippen molar-refractivity contribution in [3.8, 4) is 17.2 Å². The van der Waals surface area contributed by atoms with Gasteiger partial charge >= 0.3 is 0 Å². The first kappa shape index (κ1) is 19.2. The number of hydrogen-bond acceptors (Lipinski definition) is 4. The summed E-state index contributed by atoms with van der Waals surface area (Å²) >= 11 is 0. The summed E-state index contributed by atoms with van der Waals surface area (Å²) in [7, 11) is 0. The lowest BCUT2D eigenvalue weighted by atomic mass is 10.1. The number of hydrogen-bond donors (Lipinski definition) is 1. The number of amides is 1. The molecule has 0 fully saturated rings. The van der Waals surface area contributed by atoms with E-state index in [0.717, 1.165) is 40.3 Å².